The summed E-state index contributed by atoms with van der Waals surface area (Å²) in [5.41, 5.74) is 4.75. The average Bonchev–Trinajstić information content (AvgIpc) is 3.50. The van der Waals surface area contributed by atoms with Gasteiger partial charge in [0.25, 0.3) is 0 Å². The second-order valence-corrected chi connectivity index (χ2v) is 10.1. The van der Waals surface area contributed by atoms with Gasteiger partial charge in [-0.05, 0) is 48.5 Å². The number of alkyl halides is 2. The molecule has 0 aliphatic heterocycles. The number of carbonyl (C=O) groups excluding carboxylic acids is 2. The molecule has 1 aliphatic rings. The summed E-state index contributed by atoms with van der Waals surface area (Å²) < 4.78 is 0. The Morgan fingerprint density at radius 1 is 0.526 bits per heavy atom. The summed E-state index contributed by atoms with van der Waals surface area (Å²) in [7, 11) is 0. The minimum atomic E-state index is -1.29. The van der Waals surface area contributed by atoms with Crippen LogP contribution in [0.1, 0.15) is 0 Å². The highest BCUT2D eigenvalue weighted by atomic mass is 35.5. The number of benzene rings is 4. The molecule has 0 amide bonds. The van der Waals surface area contributed by atoms with Gasteiger partial charge in [-0.25, -0.2) is 9.98 Å². The Kier molecular flexibility index (Phi) is 5.21. The van der Waals surface area contributed by atoms with Crippen molar-refractivity contribution in [2.75, 3.05) is 0 Å². The van der Waals surface area contributed by atoms with Crippen molar-refractivity contribution < 1.29 is 9.59 Å². The quantitative estimate of drug-likeness (QED) is 0.229. The number of fused-ring (bicyclic) bond motifs is 6. The first kappa shape index (κ1) is 22.9. The van der Waals surface area contributed by atoms with Crippen LogP contribution in [0, 0.1) is 0 Å². The number of nitrogens with zero attached hydrogens (tertiary/aromatic N) is 2. The number of nitrogens with one attached hydrogen (secondary N) is 2. The van der Waals surface area contributed by atoms with Crippen LogP contribution in [0.25, 0.3) is 43.6 Å². The van der Waals surface area contributed by atoms with Gasteiger partial charge in [0.05, 0.1) is 11.4 Å². The van der Waals surface area contributed by atoms with Crippen LogP contribution in [0.4, 0.5) is 11.4 Å². The Morgan fingerprint density at radius 2 is 0.921 bits per heavy atom. The van der Waals surface area contributed by atoms with Crippen LogP contribution < -0.4 is 0 Å². The highest BCUT2D eigenvalue weighted by Crippen LogP contribution is 2.32. The van der Waals surface area contributed by atoms with Crippen LogP contribution in [-0.2, 0) is 9.59 Å². The first-order valence-electron chi connectivity index (χ1n) is 12.0. The molecule has 0 bridgehead atoms. The number of halogens is 2. The summed E-state index contributed by atoms with van der Waals surface area (Å²) in [4.78, 5) is 42.2. The molecule has 2 atom stereocenters. The summed E-state index contributed by atoms with van der Waals surface area (Å²) in [6.07, 6.45) is 0. The fourth-order valence-corrected chi connectivity index (χ4v) is 5.61. The van der Waals surface area contributed by atoms with Crippen molar-refractivity contribution >= 4 is 101 Å². The molecule has 1 aliphatic carbocycles. The van der Waals surface area contributed by atoms with E-state index in [1.54, 1.807) is 12.1 Å². The zero-order valence-corrected chi connectivity index (χ0v) is 21.2. The third kappa shape index (κ3) is 3.56. The predicted molar refractivity (Wildman–Crippen MR) is 155 cm³/mol. The van der Waals surface area contributed by atoms with E-state index in [-0.39, 0.29) is 11.4 Å². The number of ketones is 2. The van der Waals surface area contributed by atoms with Gasteiger partial charge in [0.2, 0.25) is 11.6 Å². The van der Waals surface area contributed by atoms with Crippen LogP contribution >= 0.6 is 23.2 Å². The third-order valence-electron chi connectivity index (χ3n) is 6.92. The Bertz CT molecular complexity index is 1870. The zero-order chi connectivity index (χ0) is 26.0. The SMILES string of the molecule is O=C1C(=Nc2ccc3[nH]c4ccccc4c3c2)C(Cl)C(=O)C(=Nc2ccc3[nH]c4ccccc4c3c2)C1Cl. The lowest BCUT2D eigenvalue weighted by Gasteiger charge is -2.22. The van der Waals surface area contributed by atoms with Gasteiger partial charge >= 0.3 is 0 Å². The van der Waals surface area contributed by atoms with E-state index in [4.69, 9.17) is 23.2 Å². The Morgan fingerprint density at radius 3 is 1.37 bits per heavy atom. The number of carbonyl (C=O) groups is 2. The molecule has 1 fully saturated rings. The van der Waals surface area contributed by atoms with Gasteiger partial charge in [0.1, 0.15) is 22.2 Å². The number of rotatable bonds is 2. The number of H-pyrrole nitrogens is 2. The lowest BCUT2D eigenvalue weighted by molar-refractivity contribution is -0.116. The highest BCUT2D eigenvalue weighted by molar-refractivity contribution is 6.79. The van der Waals surface area contributed by atoms with Crippen molar-refractivity contribution in [3.63, 3.8) is 0 Å². The molecule has 2 N–H and O–H groups in total. The molecule has 2 unspecified atom stereocenters. The summed E-state index contributed by atoms with van der Waals surface area (Å²) in [6.45, 7) is 0. The van der Waals surface area contributed by atoms with Gasteiger partial charge in [-0.1, -0.05) is 36.4 Å². The van der Waals surface area contributed by atoms with Gasteiger partial charge in [-0.2, -0.15) is 0 Å². The number of aromatic amines is 2. The summed E-state index contributed by atoms with van der Waals surface area (Å²) in [6, 6.07) is 26.9. The fraction of sp³-hybridized carbons (Fsp3) is 0.0667. The summed E-state index contributed by atoms with van der Waals surface area (Å²) in [5.74, 6) is -1.06. The molecule has 6 nitrogen and oxygen atoms in total. The van der Waals surface area contributed by atoms with E-state index >= 15 is 0 Å². The molecule has 2 aromatic heterocycles. The number of aromatic nitrogens is 2. The molecule has 7 rings (SSSR count). The van der Waals surface area contributed by atoms with E-state index in [1.165, 1.54) is 0 Å². The molecule has 6 aromatic rings. The molecular weight excluding hydrogens is 519 g/mol. The maximum Gasteiger partial charge on any atom is 0.203 e. The number of hydrogen-bond acceptors (Lipinski definition) is 4. The van der Waals surface area contributed by atoms with Crippen molar-refractivity contribution in [1.29, 1.82) is 0 Å². The first-order chi connectivity index (χ1) is 18.5. The smallest absolute Gasteiger partial charge is 0.203 e. The topological polar surface area (TPSA) is 90.4 Å². The fourth-order valence-electron chi connectivity index (χ4n) is 5.07. The minimum absolute atomic E-state index is 0.0816. The average molecular weight is 537 g/mol. The zero-order valence-electron chi connectivity index (χ0n) is 19.7. The first-order valence-corrected chi connectivity index (χ1v) is 12.9. The van der Waals surface area contributed by atoms with Gasteiger partial charge in [0, 0.05) is 43.6 Å². The number of para-hydroxylation sites is 2. The highest BCUT2D eigenvalue weighted by Gasteiger charge is 2.44. The maximum absolute atomic E-state index is 13.3. The van der Waals surface area contributed by atoms with Crippen molar-refractivity contribution in [3.8, 4) is 0 Å². The number of hydrogen-bond donors (Lipinski definition) is 2. The molecule has 0 spiro atoms. The minimum Gasteiger partial charge on any atom is -0.355 e. The largest absolute Gasteiger partial charge is 0.355 e. The Balaban J connectivity index is 1.26. The Hall–Kier alpha value is -4.26. The molecule has 1 saturated carbocycles. The maximum atomic E-state index is 13.3. The summed E-state index contributed by atoms with van der Waals surface area (Å²) in [5, 5.41) is 1.42. The van der Waals surface area contributed by atoms with E-state index in [2.05, 4.69) is 20.0 Å². The normalized spacial score (nSPS) is 20.6. The second kappa shape index (κ2) is 8.65. The molecule has 184 valence electrons. The standard InChI is InChI=1S/C30H18Cl2N4O2/c31-25-27(33-15-9-11-23-19(13-15)17-5-1-3-7-21(17)35-23)29(37)26(32)28(30(25)38)34-16-10-12-24-20(14-16)18-6-2-4-8-22(18)36-24/h1-14,25-26,35-36H. The molecule has 0 saturated heterocycles. The van der Waals surface area contributed by atoms with Crippen LogP contribution in [0.3, 0.4) is 0 Å². The number of Topliss-reactive ketones (excluding diaryl/α,β-unsaturated/α-hetero) is 2. The molecule has 2 heterocycles. The second-order valence-electron chi connectivity index (χ2n) is 9.25. The third-order valence-corrected chi connectivity index (χ3v) is 7.73. The van der Waals surface area contributed by atoms with E-state index in [0.717, 1.165) is 43.6 Å². The van der Waals surface area contributed by atoms with E-state index in [0.29, 0.717) is 11.4 Å². The molecule has 0 radical (unpaired) electrons. The van der Waals surface area contributed by atoms with Gasteiger partial charge in [-0.15, -0.1) is 23.2 Å². The van der Waals surface area contributed by atoms with Crippen LogP contribution in [-0.4, -0.2) is 43.7 Å². The van der Waals surface area contributed by atoms with Crippen molar-refractivity contribution in [2.45, 2.75) is 10.8 Å². The Labute approximate surface area is 226 Å². The van der Waals surface area contributed by atoms with Gasteiger partial charge in [0.15, 0.2) is 0 Å². The van der Waals surface area contributed by atoms with Crippen molar-refractivity contribution in [1.82, 2.24) is 9.97 Å². The van der Waals surface area contributed by atoms with Crippen molar-refractivity contribution in [3.05, 3.63) is 84.9 Å². The van der Waals surface area contributed by atoms with Crippen LogP contribution in [0.5, 0.6) is 0 Å². The predicted octanol–water partition coefficient (Wildman–Crippen LogP) is 7.17. The number of aliphatic imine (C=N–C) groups is 2. The van der Waals surface area contributed by atoms with Crippen molar-refractivity contribution in [2.24, 2.45) is 9.98 Å². The molecule has 8 heteroatoms. The van der Waals surface area contributed by atoms with Crippen LogP contribution in [0.2, 0.25) is 0 Å². The van der Waals surface area contributed by atoms with E-state index in [1.807, 2.05) is 72.8 Å². The molecule has 38 heavy (non-hydrogen) atoms. The lowest BCUT2D eigenvalue weighted by Crippen LogP contribution is -2.50. The monoisotopic (exact) mass is 536 g/mol. The lowest BCUT2D eigenvalue weighted by atomic mass is 9.92. The molecule has 4 aromatic carbocycles. The van der Waals surface area contributed by atoms with E-state index in [9.17, 15) is 9.59 Å². The molecular formula is C30H18Cl2N4O2. The van der Waals surface area contributed by atoms with Gasteiger partial charge in [-0.3, -0.25) is 9.59 Å². The van der Waals surface area contributed by atoms with Crippen LogP contribution in [0.15, 0.2) is 94.9 Å². The van der Waals surface area contributed by atoms with E-state index < -0.39 is 22.3 Å². The summed E-state index contributed by atoms with van der Waals surface area (Å²) >= 11 is 13.0. The van der Waals surface area contributed by atoms with Gasteiger partial charge < -0.3 is 9.97 Å².